The summed E-state index contributed by atoms with van der Waals surface area (Å²) in [5.41, 5.74) is 7.37. The minimum atomic E-state index is -0.417. The van der Waals surface area contributed by atoms with Gasteiger partial charge >= 0.3 is 0 Å². The second-order valence-electron chi connectivity index (χ2n) is 5.85. The number of nitrogens with zero attached hydrogens (tertiary/aromatic N) is 3. The van der Waals surface area contributed by atoms with E-state index in [0.717, 1.165) is 30.5 Å². The van der Waals surface area contributed by atoms with Gasteiger partial charge in [-0.2, -0.15) is 4.98 Å². The molecule has 1 aliphatic carbocycles. The topological polar surface area (TPSA) is 91.0 Å². The summed E-state index contributed by atoms with van der Waals surface area (Å²) in [6, 6.07) is 7.31. The van der Waals surface area contributed by atoms with E-state index >= 15 is 0 Å². The molecule has 6 nitrogen and oxygen atoms in total. The lowest BCUT2D eigenvalue weighted by atomic mass is 9.77. The Morgan fingerprint density at radius 2 is 1.92 bits per heavy atom. The van der Waals surface area contributed by atoms with Gasteiger partial charge in [0, 0.05) is 10.6 Å². The fourth-order valence-corrected chi connectivity index (χ4v) is 2.70. The molecule has 126 valence electrons. The van der Waals surface area contributed by atoms with Crippen molar-refractivity contribution in [1.29, 1.82) is 0 Å². The SMILES string of the molecule is Cl.NC1(c2noc(Cc3coc(-c4ccc(Cl)cc4)n3)n2)CCC1. The molecule has 2 N–H and O–H groups in total. The standard InChI is InChI=1S/C16H15ClN4O2.ClH/c17-11-4-2-10(3-5-11)14-19-12(9-22-14)8-13-20-15(21-23-13)16(18)6-1-7-16;/h2-5,9H,1,6-8,18H2;1H. The highest BCUT2D eigenvalue weighted by atomic mass is 35.5. The second-order valence-corrected chi connectivity index (χ2v) is 6.29. The quantitative estimate of drug-likeness (QED) is 0.756. The molecule has 0 spiro atoms. The van der Waals surface area contributed by atoms with Crippen LogP contribution in [-0.4, -0.2) is 15.1 Å². The van der Waals surface area contributed by atoms with Crippen molar-refractivity contribution in [2.75, 3.05) is 0 Å². The third-order valence-corrected chi connectivity index (χ3v) is 4.39. The Labute approximate surface area is 149 Å². The maximum atomic E-state index is 6.19. The largest absolute Gasteiger partial charge is 0.444 e. The summed E-state index contributed by atoms with van der Waals surface area (Å²) in [6.07, 6.45) is 4.91. The van der Waals surface area contributed by atoms with E-state index in [1.54, 1.807) is 18.4 Å². The van der Waals surface area contributed by atoms with Gasteiger partial charge < -0.3 is 14.7 Å². The van der Waals surface area contributed by atoms with Gasteiger partial charge in [-0.05, 0) is 43.5 Å². The number of halogens is 2. The van der Waals surface area contributed by atoms with E-state index in [1.165, 1.54) is 0 Å². The van der Waals surface area contributed by atoms with Gasteiger partial charge in [-0.25, -0.2) is 4.98 Å². The van der Waals surface area contributed by atoms with Gasteiger partial charge in [-0.3, -0.25) is 0 Å². The molecule has 0 bridgehead atoms. The van der Waals surface area contributed by atoms with Crippen LogP contribution in [0.2, 0.25) is 5.02 Å². The Kier molecular flexibility index (Phi) is 4.62. The molecule has 1 aliphatic rings. The molecule has 1 fully saturated rings. The maximum absolute atomic E-state index is 6.19. The molecule has 1 saturated carbocycles. The lowest BCUT2D eigenvalue weighted by molar-refractivity contribution is 0.229. The van der Waals surface area contributed by atoms with Gasteiger partial charge in [0.15, 0.2) is 5.82 Å². The van der Waals surface area contributed by atoms with Crippen LogP contribution in [0.4, 0.5) is 0 Å². The number of rotatable bonds is 4. The van der Waals surface area contributed by atoms with Crippen LogP contribution < -0.4 is 5.73 Å². The first kappa shape index (κ1) is 17.0. The van der Waals surface area contributed by atoms with Crippen molar-refractivity contribution in [3.8, 4) is 11.5 Å². The van der Waals surface area contributed by atoms with Crippen molar-refractivity contribution in [1.82, 2.24) is 15.1 Å². The molecular weight excluding hydrogens is 351 g/mol. The maximum Gasteiger partial charge on any atom is 0.232 e. The van der Waals surface area contributed by atoms with Gasteiger partial charge in [-0.15, -0.1) is 12.4 Å². The summed E-state index contributed by atoms with van der Waals surface area (Å²) in [5, 5.41) is 4.67. The number of oxazole rings is 1. The fourth-order valence-electron chi connectivity index (χ4n) is 2.58. The highest BCUT2D eigenvalue weighted by Crippen LogP contribution is 2.37. The van der Waals surface area contributed by atoms with Gasteiger partial charge in [0.05, 0.1) is 17.7 Å². The fraction of sp³-hybridized carbons (Fsp3) is 0.312. The molecule has 24 heavy (non-hydrogen) atoms. The van der Waals surface area contributed by atoms with Crippen LogP contribution in [0.15, 0.2) is 39.5 Å². The Balaban J connectivity index is 0.00000169. The number of hydrogen-bond donors (Lipinski definition) is 1. The highest BCUT2D eigenvalue weighted by Gasteiger charge is 2.39. The second kappa shape index (κ2) is 6.55. The molecule has 2 heterocycles. The number of aromatic nitrogens is 3. The van der Waals surface area contributed by atoms with Gasteiger partial charge in [0.25, 0.3) is 0 Å². The molecule has 0 amide bonds. The first-order valence-electron chi connectivity index (χ1n) is 7.45. The van der Waals surface area contributed by atoms with Crippen molar-refractivity contribution in [2.24, 2.45) is 5.73 Å². The molecule has 0 saturated heterocycles. The average molecular weight is 367 g/mol. The number of nitrogens with two attached hydrogens (primary N) is 1. The normalized spacial score (nSPS) is 15.6. The lowest BCUT2D eigenvalue weighted by Crippen LogP contribution is -2.44. The third-order valence-electron chi connectivity index (χ3n) is 4.13. The first-order chi connectivity index (χ1) is 11.1. The summed E-state index contributed by atoms with van der Waals surface area (Å²) in [6.45, 7) is 0. The minimum absolute atomic E-state index is 0. The van der Waals surface area contributed by atoms with E-state index in [2.05, 4.69) is 15.1 Å². The molecule has 1 aromatic carbocycles. The summed E-state index contributed by atoms with van der Waals surface area (Å²) < 4.78 is 10.8. The smallest absolute Gasteiger partial charge is 0.232 e. The van der Waals surface area contributed by atoms with E-state index in [-0.39, 0.29) is 12.4 Å². The average Bonchev–Trinajstić information content (AvgIpc) is 3.16. The zero-order chi connectivity index (χ0) is 15.9. The van der Waals surface area contributed by atoms with Crippen LogP contribution in [0, 0.1) is 0 Å². The first-order valence-corrected chi connectivity index (χ1v) is 7.82. The van der Waals surface area contributed by atoms with E-state index in [4.69, 9.17) is 26.3 Å². The van der Waals surface area contributed by atoms with Gasteiger partial charge in [0.1, 0.15) is 6.26 Å². The molecule has 4 rings (SSSR count). The highest BCUT2D eigenvalue weighted by molar-refractivity contribution is 6.30. The van der Waals surface area contributed by atoms with E-state index in [1.807, 2.05) is 12.1 Å². The van der Waals surface area contributed by atoms with Gasteiger partial charge in [-0.1, -0.05) is 16.8 Å². The molecular formula is C16H16Cl2N4O2. The van der Waals surface area contributed by atoms with Crippen LogP contribution in [0.3, 0.4) is 0 Å². The van der Waals surface area contributed by atoms with Crippen molar-refractivity contribution >= 4 is 24.0 Å². The predicted molar refractivity (Wildman–Crippen MR) is 91.0 cm³/mol. The molecule has 3 aromatic rings. The lowest BCUT2D eigenvalue weighted by Gasteiger charge is -2.34. The van der Waals surface area contributed by atoms with Crippen LogP contribution in [0.1, 0.15) is 36.7 Å². The van der Waals surface area contributed by atoms with Crippen molar-refractivity contribution < 1.29 is 8.94 Å². The van der Waals surface area contributed by atoms with E-state index in [0.29, 0.717) is 29.0 Å². The molecule has 0 atom stereocenters. The third kappa shape index (κ3) is 3.17. The predicted octanol–water partition coefficient (Wildman–Crippen LogP) is 3.73. The van der Waals surface area contributed by atoms with Gasteiger partial charge in [0.2, 0.25) is 11.8 Å². The molecule has 8 heteroatoms. The Bertz CT molecular complexity index is 825. The van der Waals surface area contributed by atoms with E-state index < -0.39 is 5.54 Å². The molecule has 0 radical (unpaired) electrons. The zero-order valence-corrected chi connectivity index (χ0v) is 14.3. The zero-order valence-electron chi connectivity index (χ0n) is 12.7. The minimum Gasteiger partial charge on any atom is -0.444 e. The van der Waals surface area contributed by atoms with Crippen molar-refractivity contribution in [3.05, 3.63) is 53.0 Å². The van der Waals surface area contributed by atoms with Crippen molar-refractivity contribution in [3.63, 3.8) is 0 Å². The van der Waals surface area contributed by atoms with Crippen LogP contribution in [0.5, 0.6) is 0 Å². The summed E-state index contributed by atoms with van der Waals surface area (Å²) in [5.74, 6) is 1.61. The molecule has 2 aromatic heterocycles. The Hall–Kier alpha value is -1.89. The van der Waals surface area contributed by atoms with Crippen LogP contribution in [-0.2, 0) is 12.0 Å². The molecule has 0 aliphatic heterocycles. The van der Waals surface area contributed by atoms with Crippen LogP contribution >= 0.6 is 24.0 Å². The van der Waals surface area contributed by atoms with Crippen molar-refractivity contribution in [2.45, 2.75) is 31.2 Å². The summed E-state index contributed by atoms with van der Waals surface area (Å²) in [4.78, 5) is 8.83. The summed E-state index contributed by atoms with van der Waals surface area (Å²) in [7, 11) is 0. The monoisotopic (exact) mass is 366 g/mol. The van der Waals surface area contributed by atoms with E-state index in [9.17, 15) is 0 Å². The summed E-state index contributed by atoms with van der Waals surface area (Å²) >= 11 is 5.88. The number of benzene rings is 1. The Morgan fingerprint density at radius 1 is 1.17 bits per heavy atom. The van der Waals surface area contributed by atoms with Crippen LogP contribution in [0.25, 0.3) is 11.5 Å². The molecule has 0 unspecified atom stereocenters. The Morgan fingerprint density at radius 3 is 2.58 bits per heavy atom. The number of hydrogen-bond acceptors (Lipinski definition) is 6.